The highest BCUT2D eigenvalue weighted by Crippen LogP contribution is 2.25. The van der Waals surface area contributed by atoms with E-state index in [0.29, 0.717) is 19.6 Å². The predicted octanol–water partition coefficient (Wildman–Crippen LogP) is 1.09. The number of carbonyl (C=O) groups is 1. The van der Waals surface area contributed by atoms with E-state index in [-0.39, 0.29) is 18.1 Å². The van der Waals surface area contributed by atoms with Crippen LogP contribution in [0, 0.1) is 0 Å². The first-order valence-corrected chi connectivity index (χ1v) is 8.09. The Hall–Kier alpha value is -1.40. The lowest BCUT2D eigenvalue weighted by molar-refractivity contribution is -0.132. The van der Waals surface area contributed by atoms with Gasteiger partial charge in [-0.15, -0.1) is 0 Å². The number of fused-ring (bicyclic) bond motifs is 1. The number of rotatable bonds is 5. The Balaban J connectivity index is 1.69. The summed E-state index contributed by atoms with van der Waals surface area (Å²) in [6.45, 7) is 1.21. The van der Waals surface area contributed by atoms with Gasteiger partial charge in [-0.2, -0.15) is 5.10 Å². The molecule has 1 aliphatic carbocycles. The first-order chi connectivity index (χ1) is 10.7. The number of nitrogens with one attached hydrogen (secondary N) is 1. The second-order valence-electron chi connectivity index (χ2n) is 6.26. The Kier molecular flexibility index (Phi) is 4.78. The second-order valence-corrected chi connectivity index (χ2v) is 6.26. The molecule has 1 fully saturated rings. The van der Waals surface area contributed by atoms with E-state index in [2.05, 4.69) is 10.2 Å². The van der Waals surface area contributed by atoms with Crippen molar-refractivity contribution in [1.29, 1.82) is 0 Å². The van der Waals surface area contributed by atoms with Crippen LogP contribution in [0.5, 0.6) is 0 Å². The van der Waals surface area contributed by atoms with Gasteiger partial charge in [-0.1, -0.05) is 0 Å². The monoisotopic (exact) mass is 307 g/mol. The molecule has 3 rings (SSSR count). The molecule has 1 aliphatic heterocycles. The molecule has 1 saturated heterocycles. The molecular weight excluding hydrogens is 282 g/mol. The van der Waals surface area contributed by atoms with Gasteiger partial charge in [-0.25, -0.2) is 0 Å². The molecule has 0 radical (unpaired) electrons. The number of hydrogen-bond acceptors (Lipinski definition) is 4. The van der Waals surface area contributed by atoms with Crippen molar-refractivity contribution >= 4 is 5.91 Å². The van der Waals surface area contributed by atoms with Gasteiger partial charge in [-0.05, 0) is 37.7 Å². The lowest BCUT2D eigenvalue weighted by Gasteiger charge is -2.23. The lowest BCUT2D eigenvalue weighted by Crippen LogP contribution is -2.39. The second kappa shape index (κ2) is 6.79. The summed E-state index contributed by atoms with van der Waals surface area (Å²) in [6, 6.07) is 0.109. The van der Waals surface area contributed by atoms with Crippen LogP contribution in [0.4, 0.5) is 0 Å². The average molecular weight is 307 g/mol. The van der Waals surface area contributed by atoms with Crippen LogP contribution in [0.1, 0.15) is 36.2 Å². The van der Waals surface area contributed by atoms with Crippen LogP contribution < -0.4 is 0 Å². The number of nitrogens with zero attached hydrogens (tertiary/aromatic N) is 2. The van der Waals surface area contributed by atoms with Crippen molar-refractivity contribution < 1.29 is 14.3 Å². The minimum atomic E-state index is 0.109. The molecule has 22 heavy (non-hydrogen) atoms. The van der Waals surface area contributed by atoms with Gasteiger partial charge in [0.25, 0.3) is 0 Å². The molecule has 0 saturated carbocycles. The predicted molar refractivity (Wildman–Crippen MR) is 81.7 cm³/mol. The van der Waals surface area contributed by atoms with Gasteiger partial charge in [0, 0.05) is 26.5 Å². The Morgan fingerprint density at radius 1 is 1.36 bits per heavy atom. The van der Waals surface area contributed by atoms with Gasteiger partial charge >= 0.3 is 0 Å². The van der Waals surface area contributed by atoms with Crippen molar-refractivity contribution in [3.63, 3.8) is 0 Å². The highest BCUT2D eigenvalue weighted by Gasteiger charge is 2.35. The highest BCUT2D eigenvalue weighted by molar-refractivity contribution is 5.79. The van der Waals surface area contributed by atoms with Crippen molar-refractivity contribution in [2.24, 2.45) is 0 Å². The third-order valence-corrected chi connectivity index (χ3v) is 4.85. The summed E-state index contributed by atoms with van der Waals surface area (Å²) in [4.78, 5) is 14.6. The maximum Gasteiger partial charge on any atom is 0.229 e. The number of hydrogen-bond donors (Lipinski definition) is 1. The molecule has 0 bridgehead atoms. The standard InChI is InChI=1S/C16H25N3O3/c1-21-10-11-7-12(22-2)9-19(11)16(20)8-15-13-5-3-4-6-14(13)17-18-15/h11-12H,3-10H2,1-2H3,(H,17,18)/t11-,12+/m0/s1. The molecule has 1 aromatic rings. The van der Waals surface area contributed by atoms with Gasteiger partial charge in [0.05, 0.1) is 30.9 Å². The first kappa shape index (κ1) is 15.5. The largest absolute Gasteiger partial charge is 0.383 e. The minimum Gasteiger partial charge on any atom is -0.383 e. The number of aryl methyl sites for hydroxylation is 1. The van der Waals surface area contributed by atoms with E-state index in [4.69, 9.17) is 9.47 Å². The average Bonchev–Trinajstić information content (AvgIpc) is 3.12. The topological polar surface area (TPSA) is 67.5 Å². The Labute approximate surface area is 131 Å². The molecule has 6 heteroatoms. The quantitative estimate of drug-likeness (QED) is 0.884. The van der Waals surface area contributed by atoms with Gasteiger partial charge in [0.2, 0.25) is 5.91 Å². The zero-order valence-electron chi connectivity index (χ0n) is 13.4. The number of likely N-dealkylation sites (tertiary alicyclic amines) is 1. The third kappa shape index (κ3) is 3.03. The fourth-order valence-corrected chi connectivity index (χ4v) is 3.64. The van der Waals surface area contributed by atoms with E-state index < -0.39 is 0 Å². The summed E-state index contributed by atoms with van der Waals surface area (Å²) in [7, 11) is 3.37. The number of ether oxygens (including phenoxy) is 2. The molecule has 2 aliphatic rings. The van der Waals surface area contributed by atoms with Crippen LogP contribution >= 0.6 is 0 Å². The fourth-order valence-electron chi connectivity index (χ4n) is 3.64. The summed E-state index contributed by atoms with van der Waals surface area (Å²) in [6.07, 6.45) is 5.82. The van der Waals surface area contributed by atoms with Crippen molar-refractivity contribution in [2.75, 3.05) is 27.4 Å². The Bertz CT molecular complexity index is 529. The molecule has 0 aromatic carbocycles. The molecule has 1 N–H and O–H groups in total. The van der Waals surface area contributed by atoms with Crippen LogP contribution in [0.15, 0.2) is 0 Å². The van der Waals surface area contributed by atoms with E-state index in [9.17, 15) is 4.79 Å². The number of aromatic nitrogens is 2. The molecule has 1 aromatic heterocycles. The van der Waals surface area contributed by atoms with Crippen molar-refractivity contribution in [1.82, 2.24) is 15.1 Å². The number of amides is 1. The SMILES string of the molecule is COC[C@@H]1C[C@@H](OC)CN1C(=O)Cc1n[nH]c2c1CCCC2. The van der Waals surface area contributed by atoms with Crippen molar-refractivity contribution in [2.45, 2.75) is 50.7 Å². The smallest absolute Gasteiger partial charge is 0.229 e. The van der Waals surface area contributed by atoms with E-state index in [1.165, 1.54) is 24.1 Å². The van der Waals surface area contributed by atoms with E-state index in [1.54, 1.807) is 14.2 Å². The Morgan fingerprint density at radius 3 is 2.95 bits per heavy atom. The number of H-pyrrole nitrogens is 1. The molecule has 2 heterocycles. The van der Waals surface area contributed by atoms with Crippen LogP contribution in [0.25, 0.3) is 0 Å². The maximum atomic E-state index is 12.7. The zero-order chi connectivity index (χ0) is 15.5. The molecule has 2 atom stereocenters. The summed E-state index contributed by atoms with van der Waals surface area (Å²) in [5.74, 6) is 0.126. The van der Waals surface area contributed by atoms with E-state index in [0.717, 1.165) is 25.0 Å². The molecule has 122 valence electrons. The summed E-state index contributed by atoms with van der Waals surface area (Å²) in [5.41, 5.74) is 3.42. The molecule has 0 spiro atoms. The van der Waals surface area contributed by atoms with Gasteiger partial charge in [0.1, 0.15) is 0 Å². The zero-order valence-corrected chi connectivity index (χ0v) is 13.4. The third-order valence-electron chi connectivity index (χ3n) is 4.85. The Morgan fingerprint density at radius 2 is 2.18 bits per heavy atom. The number of carbonyl (C=O) groups excluding carboxylic acids is 1. The maximum absolute atomic E-state index is 12.7. The number of aromatic amines is 1. The first-order valence-electron chi connectivity index (χ1n) is 8.09. The summed E-state index contributed by atoms with van der Waals surface area (Å²) >= 11 is 0. The van der Waals surface area contributed by atoms with Gasteiger partial charge in [0.15, 0.2) is 0 Å². The van der Waals surface area contributed by atoms with E-state index in [1.807, 2.05) is 4.90 Å². The fraction of sp³-hybridized carbons (Fsp3) is 0.750. The normalized spacial score (nSPS) is 24.5. The molecule has 1 amide bonds. The molecular formula is C16H25N3O3. The van der Waals surface area contributed by atoms with Crippen LogP contribution in [-0.4, -0.2) is 60.5 Å². The lowest BCUT2D eigenvalue weighted by atomic mass is 9.95. The summed E-state index contributed by atoms with van der Waals surface area (Å²) in [5, 5.41) is 7.49. The highest BCUT2D eigenvalue weighted by atomic mass is 16.5. The van der Waals surface area contributed by atoms with Crippen LogP contribution in [-0.2, 0) is 33.5 Å². The summed E-state index contributed by atoms with van der Waals surface area (Å²) < 4.78 is 10.7. The van der Waals surface area contributed by atoms with Crippen LogP contribution in [0.2, 0.25) is 0 Å². The van der Waals surface area contributed by atoms with Gasteiger partial charge in [-0.3, -0.25) is 9.89 Å². The number of methoxy groups -OCH3 is 2. The van der Waals surface area contributed by atoms with Crippen molar-refractivity contribution in [3.05, 3.63) is 17.0 Å². The van der Waals surface area contributed by atoms with E-state index >= 15 is 0 Å². The molecule has 0 unspecified atom stereocenters. The molecule has 6 nitrogen and oxygen atoms in total. The van der Waals surface area contributed by atoms with Gasteiger partial charge < -0.3 is 14.4 Å². The minimum absolute atomic E-state index is 0.109. The van der Waals surface area contributed by atoms with Crippen LogP contribution in [0.3, 0.4) is 0 Å². The van der Waals surface area contributed by atoms with Crippen molar-refractivity contribution in [3.8, 4) is 0 Å².